The second-order valence-corrected chi connectivity index (χ2v) is 5.01. The maximum atomic E-state index is 5.65. The van der Waals surface area contributed by atoms with Crippen LogP contribution in [-0.2, 0) is 0 Å². The SMILES string of the molecule is CCCCCC(C)Nc1nc(N)nc(OC(C)C)n1. The predicted octanol–water partition coefficient (Wildman–Crippen LogP) is 2.62. The molecule has 0 aliphatic carbocycles. The van der Waals surface area contributed by atoms with E-state index in [1.54, 1.807) is 0 Å². The van der Waals surface area contributed by atoms with Crippen molar-refractivity contribution in [1.29, 1.82) is 0 Å². The van der Waals surface area contributed by atoms with Gasteiger partial charge in [0.2, 0.25) is 11.9 Å². The number of nitrogens with two attached hydrogens (primary N) is 1. The Morgan fingerprint density at radius 1 is 1.16 bits per heavy atom. The molecule has 1 heterocycles. The zero-order chi connectivity index (χ0) is 14.3. The van der Waals surface area contributed by atoms with Crippen LogP contribution in [0.3, 0.4) is 0 Å². The Kier molecular flexibility index (Phi) is 6.32. The fourth-order valence-corrected chi connectivity index (χ4v) is 1.69. The van der Waals surface area contributed by atoms with Crippen molar-refractivity contribution in [3.8, 4) is 6.01 Å². The van der Waals surface area contributed by atoms with Gasteiger partial charge in [-0.3, -0.25) is 0 Å². The fraction of sp³-hybridized carbons (Fsp3) is 0.769. The summed E-state index contributed by atoms with van der Waals surface area (Å²) in [6.45, 7) is 8.14. The molecule has 19 heavy (non-hydrogen) atoms. The Hall–Kier alpha value is -1.59. The number of rotatable bonds is 8. The van der Waals surface area contributed by atoms with Gasteiger partial charge in [-0.1, -0.05) is 26.2 Å². The first kappa shape index (κ1) is 15.5. The van der Waals surface area contributed by atoms with Gasteiger partial charge in [0.25, 0.3) is 0 Å². The molecule has 0 fully saturated rings. The van der Waals surface area contributed by atoms with Gasteiger partial charge in [-0.25, -0.2) is 0 Å². The number of nitrogens with zero attached hydrogens (tertiary/aromatic N) is 3. The molecule has 1 aromatic heterocycles. The van der Waals surface area contributed by atoms with Gasteiger partial charge in [-0.2, -0.15) is 15.0 Å². The van der Waals surface area contributed by atoms with E-state index >= 15 is 0 Å². The van der Waals surface area contributed by atoms with Crippen LogP contribution in [0.5, 0.6) is 6.01 Å². The number of anilines is 2. The number of hydrogen-bond acceptors (Lipinski definition) is 6. The molecule has 0 saturated heterocycles. The average molecular weight is 267 g/mol. The van der Waals surface area contributed by atoms with Gasteiger partial charge in [0.05, 0.1) is 6.10 Å². The molecule has 0 saturated carbocycles. The minimum Gasteiger partial charge on any atom is -0.461 e. The highest BCUT2D eigenvalue weighted by atomic mass is 16.5. The van der Waals surface area contributed by atoms with Crippen LogP contribution in [0.4, 0.5) is 11.9 Å². The first-order valence-electron chi connectivity index (χ1n) is 6.96. The van der Waals surface area contributed by atoms with Crippen molar-refractivity contribution in [2.75, 3.05) is 11.1 Å². The van der Waals surface area contributed by atoms with E-state index in [0.717, 1.165) is 6.42 Å². The minimum atomic E-state index is 0.0108. The summed E-state index contributed by atoms with van der Waals surface area (Å²) in [4.78, 5) is 12.2. The molecular formula is C13H25N5O. The molecule has 0 amide bonds. The molecule has 0 aliphatic heterocycles. The molecule has 108 valence electrons. The van der Waals surface area contributed by atoms with Gasteiger partial charge < -0.3 is 15.8 Å². The quantitative estimate of drug-likeness (QED) is 0.704. The van der Waals surface area contributed by atoms with Gasteiger partial charge in [0.1, 0.15) is 0 Å². The molecule has 0 spiro atoms. The Morgan fingerprint density at radius 3 is 2.53 bits per heavy atom. The molecule has 1 atom stereocenters. The van der Waals surface area contributed by atoms with E-state index in [1.165, 1.54) is 19.3 Å². The van der Waals surface area contributed by atoms with Gasteiger partial charge >= 0.3 is 6.01 Å². The first-order valence-corrected chi connectivity index (χ1v) is 6.96. The highest BCUT2D eigenvalue weighted by molar-refractivity contribution is 5.33. The molecule has 1 unspecified atom stereocenters. The summed E-state index contributed by atoms with van der Waals surface area (Å²) in [5, 5.41) is 3.23. The molecule has 1 aromatic rings. The van der Waals surface area contributed by atoms with Crippen LogP contribution in [-0.4, -0.2) is 27.1 Å². The zero-order valence-electron chi connectivity index (χ0n) is 12.3. The second kappa shape index (κ2) is 7.76. The van der Waals surface area contributed by atoms with Crippen molar-refractivity contribution < 1.29 is 4.74 Å². The molecular weight excluding hydrogens is 242 g/mol. The highest BCUT2D eigenvalue weighted by Crippen LogP contribution is 2.13. The number of ether oxygens (including phenoxy) is 1. The lowest BCUT2D eigenvalue weighted by molar-refractivity contribution is 0.222. The van der Waals surface area contributed by atoms with Crippen LogP contribution in [0.2, 0.25) is 0 Å². The molecule has 6 nitrogen and oxygen atoms in total. The monoisotopic (exact) mass is 267 g/mol. The number of nitrogen functional groups attached to an aromatic ring is 1. The Morgan fingerprint density at radius 2 is 1.89 bits per heavy atom. The lowest BCUT2D eigenvalue weighted by Crippen LogP contribution is -2.19. The van der Waals surface area contributed by atoms with Crippen LogP contribution in [0.25, 0.3) is 0 Å². The van der Waals surface area contributed by atoms with Gasteiger partial charge in [0.15, 0.2) is 0 Å². The van der Waals surface area contributed by atoms with Crippen LogP contribution < -0.4 is 15.8 Å². The van der Waals surface area contributed by atoms with E-state index in [4.69, 9.17) is 10.5 Å². The number of aromatic nitrogens is 3. The smallest absolute Gasteiger partial charge is 0.323 e. The van der Waals surface area contributed by atoms with Gasteiger partial charge in [-0.05, 0) is 27.2 Å². The predicted molar refractivity (Wildman–Crippen MR) is 77.2 cm³/mol. The van der Waals surface area contributed by atoms with E-state index in [1.807, 2.05) is 13.8 Å². The van der Waals surface area contributed by atoms with E-state index in [0.29, 0.717) is 12.0 Å². The average Bonchev–Trinajstić information content (AvgIpc) is 2.27. The molecule has 6 heteroatoms. The molecule has 1 rings (SSSR count). The van der Waals surface area contributed by atoms with E-state index in [9.17, 15) is 0 Å². The maximum Gasteiger partial charge on any atom is 0.323 e. The van der Waals surface area contributed by atoms with Crippen molar-refractivity contribution in [3.05, 3.63) is 0 Å². The number of nitrogens with one attached hydrogen (secondary N) is 1. The van der Waals surface area contributed by atoms with Gasteiger partial charge in [-0.15, -0.1) is 0 Å². The van der Waals surface area contributed by atoms with E-state index in [-0.39, 0.29) is 18.1 Å². The van der Waals surface area contributed by atoms with Crippen LogP contribution in [0.15, 0.2) is 0 Å². The third-order valence-corrected chi connectivity index (χ3v) is 2.59. The third-order valence-electron chi connectivity index (χ3n) is 2.59. The minimum absolute atomic E-state index is 0.0108. The Labute approximate surface area is 115 Å². The summed E-state index contributed by atoms with van der Waals surface area (Å²) in [7, 11) is 0. The van der Waals surface area contributed by atoms with E-state index < -0.39 is 0 Å². The topological polar surface area (TPSA) is 86.0 Å². The molecule has 3 N–H and O–H groups in total. The fourth-order valence-electron chi connectivity index (χ4n) is 1.69. The molecule has 0 aromatic carbocycles. The third kappa shape index (κ3) is 6.22. The summed E-state index contributed by atoms with van der Waals surface area (Å²) in [6, 6.07) is 0.575. The van der Waals surface area contributed by atoms with Crippen molar-refractivity contribution in [1.82, 2.24) is 15.0 Å². The van der Waals surface area contributed by atoms with Crippen molar-refractivity contribution in [3.63, 3.8) is 0 Å². The number of unbranched alkanes of at least 4 members (excludes halogenated alkanes) is 2. The Balaban J connectivity index is 2.59. The molecule has 0 aliphatic rings. The summed E-state index contributed by atoms with van der Waals surface area (Å²) < 4.78 is 5.43. The summed E-state index contributed by atoms with van der Waals surface area (Å²) in [5.41, 5.74) is 5.65. The van der Waals surface area contributed by atoms with E-state index in [2.05, 4.69) is 34.1 Å². The first-order chi connectivity index (χ1) is 9.01. The normalized spacial score (nSPS) is 12.5. The van der Waals surface area contributed by atoms with Crippen LogP contribution >= 0.6 is 0 Å². The highest BCUT2D eigenvalue weighted by Gasteiger charge is 2.09. The molecule has 0 bridgehead atoms. The van der Waals surface area contributed by atoms with Gasteiger partial charge in [0, 0.05) is 6.04 Å². The largest absolute Gasteiger partial charge is 0.461 e. The summed E-state index contributed by atoms with van der Waals surface area (Å²) in [5.74, 6) is 0.654. The lowest BCUT2D eigenvalue weighted by Gasteiger charge is -2.14. The summed E-state index contributed by atoms with van der Waals surface area (Å²) >= 11 is 0. The maximum absolute atomic E-state index is 5.65. The van der Waals surface area contributed by atoms with Crippen LogP contribution in [0.1, 0.15) is 53.4 Å². The standard InChI is InChI=1S/C13H25N5O/c1-5-6-7-8-10(4)15-12-16-11(14)17-13(18-12)19-9(2)3/h9-10H,5-8H2,1-4H3,(H3,14,15,16,17,18). The molecule has 0 radical (unpaired) electrons. The Bertz CT molecular complexity index is 383. The number of hydrogen-bond donors (Lipinski definition) is 2. The van der Waals surface area contributed by atoms with Crippen molar-refractivity contribution >= 4 is 11.9 Å². The van der Waals surface area contributed by atoms with Crippen molar-refractivity contribution in [2.45, 2.75) is 65.5 Å². The van der Waals surface area contributed by atoms with Crippen LogP contribution in [0, 0.1) is 0 Å². The lowest BCUT2D eigenvalue weighted by atomic mass is 10.1. The summed E-state index contributed by atoms with van der Waals surface area (Å²) in [6.07, 6.45) is 4.75. The zero-order valence-corrected chi connectivity index (χ0v) is 12.3. The van der Waals surface area contributed by atoms with Crippen molar-refractivity contribution in [2.24, 2.45) is 0 Å². The second-order valence-electron chi connectivity index (χ2n) is 5.01.